The molecule has 1 aliphatic rings. The first kappa shape index (κ1) is 12.5. The van der Waals surface area contributed by atoms with Crippen LogP contribution >= 0.6 is 0 Å². The van der Waals surface area contributed by atoms with E-state index in [-0.39, 0.29) is 11.4 Å². The van der Waals surface area contributed by atoms with Gasteiger partial charge in [-0.05, 0) is 39.8 Å². The lowest BCUT2D eigenvalue weighted by Gasteiger charge is -2.34. The number of amides is 1. The van der Waals surface area contributed by atoms with Crippen molar-refractivity contribution in [3.63, 3.8) is 0 Å². The van der Waals surface area contributed by atoms with Crippen LogP contribution in [0.1, 0.15) is 32.6 Å². The fraction of sp³-hybridized carbons (Fsp3) is 0.909. The van der Waals surface area contributed by atoms with Gasteiger partial charge in [-0.3, -0.25) is 4.79 Å². The van der Waals surface area contributed by atoms with Crippen molar-refractivity contribution in [1.29, 1.82) is 0 Å². The molecule has 0 atom stereocenters. The SMILES string of the molecule is CNCCCC(=O)NC1(C)CCOCC1. The maximum atomic E-state index is 11.6. The van der Waals surface area contributed by atoms with E-state index in [4.69, 9.17) is 4.74 Å². The van der Waals surface area contributed by atoms with Gasteiger partial charge in [-0.25, -0.2) is 0 Å². The van der Waals surface area contributed by atoms with Crippen LogP contribution in [0.25, 0.3) is 0 Å². The van der Waals surface area contributed by atoms with E-state index in [0.29, 0.717) is 6.42 Å². The highest BCUT2D eigenvalue weighted by Crippen LogP contribution is 2.19. The van der Waals surface area contributed by atoms with Gasteiger partial charge in [0.1, 0.15) is 0 Å². The second-order valence-electron chi connectivity index (χ2n) is 4.43. The van der Waals surface area contributed by atoms with Crippen molar-refractivity contribution in [3.05, 3.63) is 0 Å². The van der Waals surface area contributed by atoms with E-state index in [1.54, 1.807) is 0 Å². The Bertz CT molecular complexity index is 201. The molecule has 0 saturated carbocycles. The average molecular weight is 214 g/mol. The van der Waals surface area contributed by atoms with E-state index in [2.05, 4.69) is 17.6 Å². The van der Waals surface area contributed by atoms with Crippen molar-refractivity contribution in [2.45, 2.75) is 38.1 Å². The molecule has 0 aromatic rings. The van der Waals surface area contributed by atoms with Gasteiger partial charge >= 0.3 is 0 Å². The van der Waals surface area contributed by atoms with Gasteiger partial charge in [0.15, 0.2) is 0 Å². The molecule has 1 fully saturated rings. The largest absolute Gasteiger partial charge is 0.381 e. The summed E-state index contributed by atoms with van der Waals surface area (Å²) in [5, 5.41) is 6.14. The number of hydrogen-bond acceptors (Lipinski definition) is 3. The Morgan fingerprint density at radius 2 is 2.07 bits per heavy atom. The molecule has 0 bridgehead atoms. The van der Waals surface area contributed by atoms with Crippen LogP contribution in [-0.4, -0.2) is 38.3 Å². The molecule has 0 aromatic heterocycles. The monoisotopic (exact) mass is 214 g/mol. The van der Waals surface area contributed by atoms with Crippen LogP contribution in [0.4, 0.5) is 0 Å². The highest BCUT2D eigenvalue weighted by atomic mass is 16.5. The highest BCUT2D eigenvalue weighted by molar-refractivity contribution is 5.76. The molecule has 4 nitrogen and oxygen atoms in total. The summed E-state index contributed by atoms with van der Waals surface area (Å²) in [5.74, 6) is 0.162. The lowest BCUT2D eigenvalue weighted by molar-refractivity contribution is -0.124. The molecular weight excluding hydrogens is 192 g/mol. The molecule has 0 spiro atoms. The predicted octanol–water partition coefficient (Wildman–Crippen LogP) is 0.671. The third kappa shape index (κ3) is 4.62. The Labute approximate surface area is 91.8 Å². The molecule has 15 heavy (non-hydrogen) atoms. The number of rotatable bonds is 5. The van der Waals surface area contributed by atoms with Crippen molar-refractivity contribution >= 4 is 5.91 Å². The van der Waals surface area contributed by atoms with Gasteiger partial charge in [0.25, 0.3) is 0 Å². The summed E-state index contributed by atoms with van der Waals surface area (Å²) in [4.78, 5) is 11.6. The molecule has 2 N–H and O–H groups in total. The molecule has 88 valence electrons. The van der Waals surface area contributed by atoms with Crippen LogP contribution in [0.5, 0.6) is 0 Å². The quantitative estimate of drug-likeness (QED) is 0.661. The van der Waals surface area contributed by atoms with Gasteiger partial charge in [0, 0.05) is 25.2 Å². The zero-order valence-electron chi connectivity index (χ0n) is 9.77. The molecule has 0 aromatic carbocycles. The first-order chi connectivity index (χ1) is 7.16. The topological polar surface area (TPSA) is 50.4 Å². The first-order valence-corrected chi connectivity index (χ1v) is 5.70. The van der Waals surface area contributed by atoms with Gasteiger partial charge in [0.05, 0.1) is 0 Å². The second-order valence-corrected chi connectivity index (χ2v) is 4.43. The molecule has 4 heteroatoms. The molecule has 1 rings (SSSR count). The van der Waals surface area contributed by atoms with Crippen LogP contribution in [0.2, 0.25) is 0 Å². The third-order valence-electron chi connectivity index (χ3n) is 2.87. The molecule has 0 aliphatic carbocycles. The zero-order chi connectivity index (χ0) is 11.1. The number of ether oxygens (including phenoxy) is 1. The number of nitrogens with one attached hydrogen (secondary N) is 2. The summed E-state index contributed by atoms with van der Waals surface area (Å²) in [5.41, 5.74) is -0.0467. The summed E-state index contributed by atoms with van der Waals surface area (Å²) in [6.07, 6.45) is 3.35. The lowest BCUT2D eigenvalue weighted by atomic mass is 9.92. The fourth-order valence-electron chi connectivity index (χ4n) is 1.77. The minimum Gasteiger partial charge on any atom is -0.381 e. The predicted molar refractivity (Wildman–Crippen MR) is 59.8 cm³/mol. The number of hydrogen-bond donors (Lipinski definition) is 2. The van der Waals surface area contributed by atoms with E-state index in [9.17, 15) is 4.79 Å². The van der Waals surface area contributed by atoms with Crippen molar-refractivity contribution in [2.24, 2.45) is 0 Å². The van der Waals surface area contributed by atoms with E-state index >= 15 is 0 Å². The normalized spacial score (nSPS) is 19.9. The number of carbonyl (C=O) groups is 1. The molecule has 0 unspecified atom stereocenters. The third-order valence-corrected chi connectivity index (χ3v) is 2.87. The van der Waals surface area contributed by atoms with Gasteiger partial charge in [-0.2, -0.15) is 0 Å². The zero-order valence-corrected chi connectivity index (χ0v) is 9.77. The van der Waals surface area contributed by atoms with Crippen molar-refractivity contribution in [3.8, 4) is 0 Å². The van der Waals surface area contributed by atoms with Gasteiger partial charge < -0.3 is 15.4 Å². The standard InChI is InChI=1S/C11H22N2O2/c1-11(5-8-15-9-6-11)13-10(14)4-3-7-12-2/h12H,3-9H2,1-2H3,(H,13,14). The van der Waals surface area contributed by atoms with Crippen molar-refractivity contribution in [1.82, 2.24) is 10.6 Å². The van der Waals surface area contributed by atoms with Crippen molar-refractivity contribution in [2.75, 3.05) is 26.8 Å². The lowest BCUT2D eigenvalue weighted by Crippen LogP contribution is -2.49. The Morgan fingerprint density at radius 1 is 1.40 bits per heavy atom. The maximum Gasteiger partial charge on any atom is 0.220 e. The van der Waals surface area contributed by atoms with Crippen LogP contribution in [0.15, 0.2) is 0 Å². The molecule has 0 radical (unpaired) electrons. The molecule has 1 heterocycles. The summed E-state index contributed by atoms with van der Waals surface area (Å²) in [6, 6.07) is 0. The summed E-state index contributed by atoms with van der Waals surface area (Å²) in [6.45, 7) is 4.51. The first-order valence-electron chi connectivity index (χ1n) is 5.70. The summed E-state index contributed by atoms with van der Waals surface area (Å²) >= 11 is 0. The maximum absolute atomic E-state index is 11.6. The molecule has 1 amide bonds. The smallest absolute Gasteiger partial charge is 0.220 e. The van der Waals surface area contributed by atoms with E-state index in [1.165, 1.54) is 0 Å². The Hall–Kier alpha value is -0.610. The van der Waals surface area contributed by atoms with Crippen LogP contribution in [0.3, 0.4) is 0 Å². The summed E-state index contributed by atoms with van der Waals surface area (Å²) < 4.78 is 5.28. The Morgan fingerprint density at radius 3 is 2.67 bits per heavy atom. The van der Waals surface area contributed by atoms with Crippen LogP contribution < -0.4 is 10.6 Å². The van der Waals surface area contributed by atoms with E-state index in [1.807, 2.05) is 7.05 Å². The Balaban J connectivity index is 2.23. The van der Waals surface area contributed by atoms with Crippen LogP contribution in [-0.2, 0) is 9.53 Å². The highest BCUT2D eigenvalue weighted by Gasteiger charge is 2.28. The molecule has 1 aliphatic heterocycles. The van der Waals surface area contributed by atoms with Gasteiger partial charge in [0.2, 0.25) is 5.91 Å². The van der Waals surface area contributed by atoms with Gasteiger partial charge in [-0.15, -0.1) is 0 Å². The Kier molecular flexibility index (Phi) is 5.05. The minimum absolute atomic E-state index is 0.0467. The van der Waals surface area contributed by atoms with Crippen LogP contribution in [0, 0.1) is 0 Å². The van der Waals surface area contributed by atoms with Crippen molar-refractivity contribution < 1.29 is 9.53 Å². The second kappa shape index (κ2) is 6.08. The fourth-order valence-corrected chi connectivity index (χ4v) is 1.77. The average Bonchev–Trinajstić information content (AvgIpc) is 2.18. The minimum atomic E-state index is -0.0467. The molecular formula is C11H22N2O2. The van der Waals surface area contributed by atoms with E-state index < -0.39 is 0 Å². The molecule has 1 saturated heterocycles. The van der Waals surface area contributed by atoms with E-state index in [0.717, 1.165) is 39.0 Å². The van der Waals surface area contributed by atoms with Gasteiger partial charge in [-0.1, -0.05) is 0 Å². The summed E-state index contributed by atoms with van der Waals surface area (Å²) in [7, 11) is 1.90. The number of carbonyl (C=O) groups excluding carboxylic acids is 1.